The number of aliphatic hydroxyl groups excluding tert-OH is 2. The van der Waals surface area contributed by atoms with Gasteiger partial charge in [0.05, 0.1) is 18.1 Å². The fourth-order valence-electron chi connectivity index (χ4n) is 2.68. The van der Waals surface area contributed by atoms with E-state index in [4.69, 9.17) is 5.11 Å². The number of anilines is 1. The van der Waals surface area contributed by atoms with Gasteiger partial charge < -0.3 is 19.8 Å². The van der Waals surface area contributed by atoms with E-state index < -0.39 is 29.5 Å². The molecule has 10 heteroatoms. The van der Waals surface area contributed by atoms with Crippen LogP contribution >= 0.6 is 0 Å². The van der Waals surface area contributed by atoms with Gasteiger partial charge in [0.25, 0.3) is 0 Å². The van der Waals surface area contributed by atoms with E-state index >= 15 is 0 Å². The zero-order valence-corrected chi connectivity index (χ0v) is 16.5. The Bertz CT molecular complexity index is 1020. The topological polar surface area (TPSA) is 65.8 Å². The van der Waals surface area contributed by atoms with Crippen LogP contribution in [-0.2, 0) is 0 Å². The monoisotopic (exact) mass is 442 g/mol. The highest BCUT2D eigenvalue weighted by molar-refractivity contribution is 5.81. The number of aliphatic hydroxyl groups is 2. The summed E-state index contributed by atoms with van der Waals surface area (Å²) in [5.41, 5.74) is 0.279. The average molecular weight is 442 g/mol. The summed E-state index contributed by atoms with van der Waals surface area (Å²) in [4.78, 5) is 5.05. The minimum atomic E-state index is -5.04. The Morgan fingerprint density at radius 1 is 1.13 bits per heavy atom. The zero-order valence-electron chi connectivity index (χ0n) is 16.5. The number of rotatable bonds is 7. The number of allylic oxidation sites excluding steroid dienone is 2. The molecule has 0 spiro atoms. The Labute approximate surface area is 175 Å². The molecule has 0 atom stereocenters. The van der Waals surface area contributed by atoms with Crippen molar-refractivity contribution in [3.8, 4) is 5.75 Å². The third-order valence-electron chi connectivity index (χ3n) is 3.97. The molecule has 0 aliphatic rings. The second-order valence-electron chi connectivity index (χ2n) is 6.26. The van der Waals surface area contributed by atoms with Gasteiger partial charge in [0, 0.05) is 36.0 Å². The number of benzene rings is 1. The lowest BCUT2D eigenvalue weighted by Crippen LogP contribution is -2.19. The molecule has 0 fully saturated rings. The molecule has 2 aromatic rings. The number of hydrogen-bond donors (Lipinski definition) is 2. The first-order chi connectivity index (χ1) is 14.5. The summed E-state index contributed by atoms with van der Waals surface area (Å²) in [6.07, 6.45) is 0.874. The van der Waals surface area contributed by atoms with Gasteiger partial charge in [-0.05, 0) is 24.6 Å². The lowest BCUT2D eigenvalue weighted by molar-refractivity contribution is -0.274. The van der Waals surface area contributed by atoms with Gasteiger partial charge in [0.15, 0.2) is 5.76 Å². The summed E-state index contributed by atoms with van der Waals surface area (Å²) < 4.78 is 69.5. The second kappa shape index (κ2) is 9.96. The third kappa shape index (κ3) is 6.73. The number of halogens is 5. The van der Waals surface area contributed by atoms with Gasteiger partial charge >= 0.3 is 6.36 Å². The lowest BCUT2D eigenvalue weighted by Gasteiger charge is -2.24. The van der Waals surface area contributed by atoms with E-state index in [0.717, 1.165) is 24.4 Å². The van der Waals surface area contributed by atoms with Gasteiger partial charge in [-0.3, -0.25) is 4.98 Å². The van der Waals surface area contributed by atoms with Gasteiger partial charge in [-0.2, -0.15) is 0 Å². The maximum absolute atomic E-state index is 14.1. The minimum absolute atomic E-state index is 0.0621. The molecule has 0 radical (unpaired) electrons. The van der Waals surface area contributed by atoms with Crippen LogP contribution < -0.4 is 9.64 Å². The lowest BCUT2D eigenvalue weighted by atomic mass is 10.0. The first-order valence-corrected chi connectivity index (χ1v) is 8.90. The Balaban J connectivity index is 2.70. The standard InChI is InChI=1S/C21H19F5N2O3/c1-3-4-13(20(30)12-29)7-19(28(2)17-8-16(23)10-27-11-17)14-5-15(22)9-18(6-14)31-21(24,25)26/h4-12,29-30H,3H2,1-2H3/b13-4-,19-7-,20-12-. The van der Waals surface area contributed by atoms with Gasteiger partial charge in [0.2, 0.25) is 0 Å². The van der Waals surface area contributed by atoms with Crippen molar-refractivity contribution >= 4 is 11.4 Å². The van der Waals surface area contributed by atoms with Crippen molar-refractivity contribution in [1.29, 1.82) is 0 Å². The number of ether oxygens (including phenoxy) is 1. The highest BCUT2D eigenvalue weighted by Gasteiger charge is 2.31. The number of nitrogens with zero attached hydrogens (tertiary/aromatic N) is 2. The van der Waals surface area contributed by atoms with Crippen molar-refractivity contribution in [2.45, 2.75) is 19.7 Å². The molecule has 0 saturated heterocycles. The molecule has 0 bridgehead atoms. The van der Waals surface area contributed by atoms with Crippen molar-refractivity contribution in [2.24, 2.45) is 0 Å². The molecule has 2 N–H and O–H groups in total. The maximum atomic E-state index is 14.1. The Kier molecular flexibility index (Phi) is 7.62. The van der Waals surface area contributed by atoms with Crippen molar-refractivity contribution in [3.63, 3.8) is 0 Å². The van der Waals surface area contributed by atoms with Crippen molar-refractivity contribution < 1.29 is 36.9 Å². The predicted octanol–water partition coefficient (Wildman–Crippen LogP) is 6.03. The molecule has 0 aliphatic heterocycles. The van der Waals surface area contributed by atoms with Gasteiger partial charge in [-0.15, -0.1) is 13.2 Å². The molecule has 0 amide bonds. The molecule has 0 aliphatic carbocycles. The second-order valence-corrected chi connectivity index (χ2v) is 6.26. The zero-order chi connectivity index (χ0) is 23.2. The molecule has 2 rings (SSSR count). The van der Waals surface area contributed by atoms with Crippen LogP contribution in [0.1, 0.15) is 18.9 Å². The normalized spacial score (nSPS) is 13.3. The van der Waals surface area contributed by atoms with Crippen molar-refractivity contribution in [3.05, 3.63) is 83.6 Å². The van der Waals surface area contributed by atoms with Crippen LogP contribution in [0, 0.1) is 11.6 Å². The van der Waals surface area contributed by atoms with Crippen LogP contribution in [0.2, 0.25) is 0 Å². The molecule has 1 heterocycles. The number of aromatic nitrogens is 1. The van der Waals surface area contributed by atoms with E-state index in [1.807, 2.05) is 0 Å². The summed E-state index contributed by atoms with van der Waals surface area (Å²) in [5.74, 6) is -3.03. The van der Waals surface area contributed by atoms with Crippen molar-refractivity contribution in [1.82, 2.24) is 4.98 Å². The first kappa shape index (κ1) is 23.7. The molecule has 166 valence electrons. The molecule has 31 heavy (non-hydrogen) atoms. The van der Waals surface area contributed by atoms with Gasteiger partial charge in [0.1, 0.15) is 23.6 Å². The molecule has 0 unspecified atom stereocenters. The van der Waals surface area contributed by atoms with E-state index in [9.17, 15) is 27.1 Å². The maximum Gasteiger partial charge on any atom is 0.573 e. The van der Waals surface area contributed by atoms with Crippen LogP contribution in [0.5, 0.6) is 5.75 Å². The molecule has 5 nitrogen and oxygen atoms in total. The molecular formula is C21H19F5N2O3. The molecule has 1 aromatic carbocycles. The number of alkyl halides is 3. The molecule has 1 aromatic heterocycles. The van der Waals surface area contributed by atoms with Crippen LogP contribution in [0.25, 0.3) is 5.70 Å². The largest absolute Gasteiger partial charge is 0.573 e. The molecular weight excluding hydrogens is 423 g/mol. The minimum Gasteiger partial charge on any atom is -0.512 e. The first-order valence-electron chi connectivity index (χ1n) is 8.90. The van der Waals surface area contributed by atoms with E-state index in [2.05, 4.69) is 9.72 Å². The third-order valence-corrected chi connectivity index (χ3v) is 3.97. The SMILES string of the molecule is CC/C=C(/C=C(/c1cc(F)cc(OC(F)(F)F)c1)N(C)c1cncc(F)c1)C(\O)=C\O. The van der Waals surface area contributed by atoms with Gasteiger partial charge in [-0.1, -0.05) is 13.0 Å². The summed E-state index contributed by atoms with van der Waals surface area (Å²) >= 11 is 0. The van der Waals surface area contributed by atoms with E-state index in [1.54, 1.807) is 6.92 Å². The highest BCUT2D eigenvalue weighted by Crippen LogP contribution is 2.32. The summed E-state index contributed by atoms with van der Waals surface area (Å²) in [6.45, 7) is 1.75. The molecule has 0 saturated carbocycles. The average Bonchev–Trinajstić information content (AvgIpc) is 2.68. The predicted molar refractivity (Wildman–Crippen MR) is 105 cm³/mol. The van der Waals surface area contributed by atoms with Crippen LogP contribution in [0.15, 0.2) is 66.4 Å². The number of pyridine rings is 1. The van der Waals surface area contributed by atoms with E-state index in [-0.39, 0.29) is 22.5 Å². The summed E-state index contributed by atoms with van der Waals surface area (Å²) in [5, 5.41) is 19.1. The van der Waals surface area contributed by atoms with E-state index in [1.165, 1.54) is 30.3 Å². The summed E-state index contributed by atoms with van der Waals surface area (Å²) in [6, 6.07) is 3.56. The fourth-order valence-corrected chi connectivity index (χ4v) is 2.68. The Morgan fingerprint density at radius 2 is 1.84 bits per heavy atom. The summed E-state index contributed by atoms with van der Waals surface area (Å²) in [7, 11) is 1.45. The van der Waals surface area contributed by atoms with Crippen molar-refractivity contribution in [2.75, 3.05) is 11.9 Å². The highest BCUT2D eigenvalue weighted by atomic mass is 19.4. The van der Waals surface area contributed by atoms with Gasteiger partial charge in [-0.25, -0.2) is 8.78 Å². The Morgan fingerprint density at radius 3 is 2.42 bits per heavy atom. The Hall–Kier alpha value is -3.56. The van der Waals surface area contributed by atoms with Crippen LogP contribution in [-0.4, -0.2) is 28.6 Å². The smallest absolute Gasteiger partial charge is 0.512 e. The fraction of sp³-hybridized carbons (Fsp3) is 0.190. The van der Waals surface area contributed by atoms with Crippen LogP contribution in [0.3, 0.4) is 0 Å². The number of hydrogen-bond acceptors (Lipinski definition) is 5. The van der Waals surface area contributed by atoms with E-state index in [0.29, 0.717) is 18.7 Å². The quantitative estimate of drug-likeness (QED) is 0.311. The van der Waals surface area contributed by atoms with Crippen LogP contribution in [0.4, 0.5) is 27.6 Å².